The second-order valence-electron chi connectivity index (χ2n) is 4.70. The van der Waals surface area contributed by atoms with Gasteiger partial charge in [0.15, 0.2) is 0 Å². The molecule has 1 aromatic carbocycles. The van der Waals surface area contributed by atoms with Crippen molar-refractivity contribution in [3.8, 4) is 0 Å². The Morgan fingerprint density at radius 3 is 2.17 bits per heavy atom. The Kier molecular flexibility index (Phi) is 4.51. The second kappa shape index (κ2) is 5.52. The molecular formula is C13H16BrNO3. The van der Waals surface area contributed by atoms with E-state index >= 15 is 0 Å². The molecule has 0 heterocycles. The average Bonchev–Trinajstić information content (AvgIpc) is 2.25. The zero-order valence-electron chi connectivity index (χ0n) is 10.5. The number of hydrogen-bond donors (Lipinski definition) is 2. The molecule has 0 saturated heterocycles. The first-order chi connectivity index (χ1) is 8.25. The summed E-state index contributed by atoms with van der Waals surface area (Å²) in [4.78, 5) is 22.4. The van der Waals surface area contributed by atoms with E-state index in [2.05, 4.69) is 21.2 Å². The number of halogens is 1. The van der Waals surface area contributed by atoms with E-state index in [1.165, 1.54) is 6.92 Å². The van der Waals surface area contributed by atoms with Crippen molar-refractivity contribution >= 4 is 27.8 Å². The van der Waals surface area contributed by atoms with Gasteiger partial charge in [-0.1, -0.05) is 41.9 Å². The molecule has 1 rings (SSSR count). The molecule has 0 radical (unpaired) electrons. The smallest absolute Gasteiger partial charge is 0.327 e. The monoisotopic (exact) mass is 313 g/mol. The van der Waals surface area contributed by atoms with Gasteiger partial charge in [0.25, 0.3) is 0 Å². The van der Waals surface area contributed by atoms with Gasteiger partial charge in [-0.2, -0.15) is 0 Å². The van der Waals surface area contributed by atoms with Crippen molar-refractivity contribution in [3.63, 3.8) is 0 Å². The van der Waals surface area contributed by atoms with Crippen LogP contribution in [0, 0.1) is 0 Å². The van der Waals surface area contributed by atoms with Gasteiger partial charge in [-0.15, -0.1) is 0 Å². The second-order valence-corrected chi connectivity index (χ2v) is 5.62. The third kappa shape index (κ3) is 3.32. The van der Waals surface area contributed by atoms with Crippen LogP contribution in [0.15, 0.2) is 28.7 Å². The van der Waals surface area contributed by atoms with Crippen LogP contribution in [0.5, 0.6) is 0 Å². The number of aliphatic carboxylic acids is 1. The molecule has 0 aliphatic carbocycles. The summed E-state index contributed by atoms with van der Waals surface area (Å²) in [5, 5.41) is 11.7. The molecule has 0 aromatic heterocycles. The Bertz CT molecular complexity index is 454. The van der Waals surface area contributed by atoms with Gasteiger partial charge < -0.3 is 10.4 Å². The van der Waals surface area contributed by atoms with Crippen LogP contribution in [0.3, 0.4) is 0 Å². The molecule has 4 nitrogen and oxygen atoms in total. The molecule has 1 aromatic rings. The lowest BCUT2D eigenvalue weighted by atomic mass is 9.77. The van der Waals surface area contributed by atoms with Gasteiger partial charge in [0.05, 0.1) is 0 Å². The number of carboxylic acids is 1. The first-order valence-electron chi connectivity index (χ1n) is 5.51. The van der Waals surface area contributed by atoms with Gasteiger partial charge in [-0.3, -0.25) is 4.79 Å². The average molecular weight is 314 g/mol. The van der Waals surface area contributed by atoms with Gasteiger partial charge in [0, 0.05) is 16.8 Å². The summed E-state index contributed by atoms with van der Waals surface area (Å²) in [5.41, 5.74) is 0.157. The minimum atomic E-state index is -1.04. The summed E-state index contributed by atoms with van der Waals surface area (Å²) in [7, 11) is 0. The Morgan fingerprint density at radius 2 is 1.78 bits per heavy atom. The van der Waals surface area contributed by atoms with Crippen LogP contribution in [0.1, 0.15) is 26.3 Å². The van der Waals surface area contributed by atoms with E-state index in [9.17, 15) is 14.7 Å². The van der Waals surface area contributed by atoms with Crippen molar-refractivity contribution in [3.05, 3.63) is 34.3 Å². The number of benzene rings is 1. The van der Waals surface area contributed by atoms with Crippen LogP contribution >= 0.6 is 15.9 Å². The predicted octanol–water partition coefficient (Wildman–Crippen LogP) is 2.32. The lowest BCUT2D eigenvalue weighted by molar-refractivity contribution is -0.143. The van der Waals surface area contributed by atoms with Crippen molar-refractivity contribution in [1.82, 2.24) is 5.32 Å². The molecule has 98 valence electrons. The summed E-state index contributed by atoms with van der Waals surface area (Å²) < 4.78 is 0.924. The van der Waals surface area contributed by atoms with Crippen molar-refractivity contribution in [1.29, 1.82) is 0 Å². The maximum atomic E-state index is 11.3. The molecule has 0 aliphatic heterocycles. The van der Waals surface area contributed by atoms with Crippen molar-refractivity contribution in [2.24, 2.45) is 0 Å². The number of carbonyl (C=O) groups is 2. The van der Waals surface area contributed by atoms with E-state index in [0.29, 0.717) is 0 Å². The summed E-state index contributed by atoms with van der Waals surface area (Å²) >= 11 is 3.33. The molecule has 0 bridgehead atoms. The number of carbonyl (C=O) groups excluding carboxylic acids is 1. The molecule has 5 heteroatoms. The molecule has 1 amide bonds. The van der Waals surface area contributed by atoms with E-state index in [1.807, 2.05) is 24.3 Å². The van der Waals surface area contributed by atoms with Crippen LogP contribution in [0.2, 0.25) is 0 Å². The normalized spacial score (nSPS) is 12.9. The van der Waals surface area contributed by atoms with Gasteiger partial charge in [-0.05, 0) is 17.7 Å². The van der Waals surface area contributed by atoms with Crippen LogP contribution in [-0.4, -0.2) is 23.0 Å². The highest BCUT2D eigenvalue weighted by atomic mass is 79.9. The van der Waals surface area contributed by atoms with Gasteiger partial charge >= 0.3 is 5.97 Å². The SMILES string of the molecule is CC(=O)NC(C(=O)O)C(C)(C)c1ccc(Br)cc1. The summed E-state index contributed by atoms with van der Waals surface area (Å²) in [6.45, 7) is 4.91. The molecular weight excluding hydrogens is 298 g/mol. The number of amides is 1. The van der Waals surface area contributed by atoms with Crippen molar-refractivity contribution in [2.75, 3.05) is 0 Å². The van der Waals surface area contributed by atoms with E-state index in [-0.39, 0.29) is 5.91 Å². The van der Waals surface area contributed by atoms with Crippen LogP contribution < -0.4 is 5.32 Å². The quantitative estimate of drug-likeness (QED) is 0.896. The molecule has 2 N–H and O–H groups in total. The zero-order chi connectivity index (χ0) is 13.9. The van der Waals surface area contributed by atoms with E-state index in [0.717, 1.165) is 10.0 Å². The third-order valence-corrected chi connectivity index (χ3v) is 3.43. The number of nitrogens with one attached hydrogen (secondary N) is 1. The van der Waals surface area contributed by atoms with E-state index in [4.69, 9.17) is 0 Å². The highest BCUT2D eigenvalue weighted by molar-refractivity contribution is 9.10. The van der Waals surface area contributed by atoms with Gasteiger partial charge in [0.1, 0.15) is 6.04 Å². The molecule has 0 spiro atoms. The molecule has 0 saturated carbocycles. The van der Waals surface area contributed by atoms with E-state index < -0.39 is 17.4 Å². The first kappa shape index (κ1) is 14.7. The Morgan fingerprint density at radius 1 is 1.28 bits per heavy atom. The number of rotatable bonds is 4. The standard InChI is InChI=1S/C13H16BrNO3/c1-8(16)15-11(12(17)18)13(2,3)9-4-6-10(14)7-5-9/h4-7,11H,1-3H3,(H,15,16)(H,17,18). The lowest BCUT2D eigenvalue weighted by Crippen LogP contribution is -2.51. The number of carboxylic acid groups (broad SMARTS) is 1. The maximum absolute atomic E-state index is 11.3. The zero-order valence-corrected chi connectivity index (χ0v) is 12.1. The van der Waals surface area contributed by atoms with Crippen LogP contribution in [0.4, 0.5) is 0 Å². The predicted molar refractivity (Wildman–Crippen MR) is 72.4 cm³/mol. The fourth-order valence-electron chi connectivity index (χ4n) is 1.80. The molecule has 0 aliphatic rings. The van der Waals surface area contributed by atoms with Crippen molar-refractivity contribution < 1.29 is 14.7 Å². The van der Waals surface area contributed by atoms with Gasteiger partial charge in [-0.25, -0.2) is 4.79 Å². The van der Waals surface area contributed by atoms with E-state index in [1.54, 1.807) is 13.8 Å². The maximum Gasteiger partial charge on any atom is 0.327 e. The summed E-state index contributed by atoms with van der Waals surface area (Å²) in [6.07, 6.45) is 0. The fourth-order valence-corrected chi connectivity index (χ4v) is 2.06. The van der Waals surface area contributed by atoms with Crippen LogP contribution in [-0.2, 0) is 15.0 Å². The topological polar surface area (TPSA) is 66.4 Å². The highest BCUT2D eigenvalue weighted by Crippen LogP contribution is 2.28. The lowest BCUT2D eigenvalue weighted by Gasteiger charge is -2.32. The Hall–Kier alpha value is -1.36. The summed E-state index contributed by atoms with van der Waals surface area (Å²) in [6, 6.07) is 6.44. The molecule has 1 atom stereocenters. The number of hydrogen-bond acceptors (Lipinski definition) is 2. The fraction of sp³-hybridized carbons (Fsp3) is 0.385. The van der Waals surface area contributed by atoms with Crippen molar-refractivity contribution in [2.45, 2.75) is 32.2 Å². The molecule has 1 unspecified atom stereocenters. The van der Waals surface area contributed by atoms with Crippen LogP contribution in [0.25, 0.3) is 0 Å². The largest absolute Gasteiger partial charge is 0.480 e. The summed E-state index contributed by atoms with van der Waals surface area (Å²) in [5.74, 6) is -1.40. The molecule has 18 heavy (non-hydrogen) atoms. The Labute approximate surface area is 115 Å². The molecule has 0 fully saturated rings. The third-order valence-electron chi connectivity index (χ3n) is 2.90. The Balaban J connectivity index is 3.11. The highest BCUT2D eigenvalue weighted by Gasteiger charge is 2.37. The minimum Gasteiger partial charge on any atom is -0.480 e. The minimum absolute atomic E-state index is 0.354. The van der Waals surface area contributed by atoms with Gasteiger partial charge in [0.2, 0.25) is 5.91 Å². The first-order valence-corrected chi connectivity index (χ1v) is 6.30.